The zero-order valence-electron chi connectivity index (χ0n) is 38.5. The van der Waals surface area contributed by atoms with E-state index in [0.717, 1.165) is 89.9 Å². The molecule has 0 aromatic heterocycles. The van der Waals surface area contributed by atoms with Crippen molar-refractivity contribution in [2.24, 2.45) is 0 Å². The summed E-state index contributed by atoms with van der Waals surface area (Å²) in [5.41, 5.74) is 0. The number of ether oxygens (including phenoxy) is 3. The standard InChI is InChI=1S/C53H90O6/c1-4-7-10-13-16-19-22-25-28-31-34-37-40-43-46-52(55)58-49-50(48-57-51(54)45-42-39-36-33-30-27-24-21-18-15-12-9-6-3)59-53(56)47-44-41-38-35-32-29-26-23-20-17-14-11-8-5-2/h7,9-10,12,15-16,18-19,21,24,27,30,50H,4-6,8,11,13-14,17,20,22-23,25-26,28-29,31-49H2,1-3H3/b10-7+,12-9+,18-15+,19-16+,24-21+,30-27+. The van der Waals surface area contributed by atoms with Crippen LogP contribution in [0.5, 0.6) is 0 Å². The predicted molar refractivity (Wildman–Crippen MR) is 251 cm³/mol. The highest BCUT2D eigenvalue weighted by molar-refractivity contribution is 5.71. The van der Waals surface area contributed by atoms with Crippen molar-refractivity contribution in [2.45, 2.75) is 232 Å². The Morgan fingerprint density at radius 3 is 1.24 bits per heavy atom. The first-order chi connectivity index (χ1) is 29.0. The molecular weight excluding hydrogens is 733 g/mol. The highest BCUT2D eigenvalue weighted by Crippen LogP contribution is 2.15. The van der Waals surface area contributed by atoms with E-state index in [2.05, 4.69) is 57.2 Å². The van der Waals surface area contributed by atoms with Gasteiger partial charge in [-0.1, -0.05) is 216 Å². The number of hydrogen-bond acceptors (Lipinski definition) is 6. The van der Waals surface area contributed by atoms with Crippen LogP contribution in [0.25, 0.3) is 0 Å². The lowest BCUT2D eigenvalue weighted by Gasteiger charge is -2.18. The Labute approximate surface area is 363 Å². The van der Waals surface area contributed by atoms with Crippen molar-refractivity contribution in [1.82, 2.24) is 0 Å². The summed E-state index contributed by atoms with van der Waals surface area (Å²) in [7, 11) is 0. The fraction of sp³-hybridized carbons (Fsp3) is 0.717. The van der Waals surface area contributed by atoms with Crippen molar-refractivity contribution in [3.05, 3.63) is 72.9 Å². The van der Waals surface area contributed by atoms with Gasteiger partial charge in [-0.05, 0) is 64.2 Å². The molecule has 0 saturated heterocycles. The van der Waals surface area contributed by atoms with Crippen LogP contribution in [0.15, 0.2) is 72.9 Å². The first kappa shape index (κ1) is 55.9. The molecule has 1 atom stereocenters. The van der Waals surface area contributed by atoms with Crippen LogP contribution in [-0.2, 0) is 28.6 Å². The van der Waals surface area contributed by atoms with E-state index in [-0.39, 0.29) is 31.1 Å². The summed E-state index contributed by atoms with van der Waals surface area (Å²) in [6.07, 6.45) is 58.8. The minimum Gasteiger partial charge on any atom is -0.462 e. The van der Waals surface area contributed by atoms with Gasteiger partial charge in [0.25, 0.3) is 0 Å². The van der Waals surface area contributed by atoms with Gasteiger partial charge in [0.05, 0.1) is 0 Å². The van der Waals surface area contributed by atoms with Gasteiger partial charge >= 0.3 is 17.9 Å². The molecule has 0 aliphatic heterocycles. The first-order valence-electron chi connectivity index (χ1n) is 24.5. The molecule has 0 radical (unpaired) electrons. The van der Waals surface area contributed by atoms with Gasteiger partial charge in [0.15, 0.2) is 6.10 Å². The molecule has 0 rings (SSSR count). The maximum Gasteiger partial charge on any atom is 0.306 e. The molecule has 6 nitrogen and oxygen atoms in total. The largest absolute Gasteiger partial charge is 0.462 e. The summed E-state index contributed by atoms with van der Waals surface area (Å²) in [5.74, 6) is -0.938. The normalized spacial score (nSPS) is 12.7. The molecule has 0 N–H and O–H groups in total. The molecule has 0 aromatic carbocycles. The molecule has 1 unspecified atom stereocenters. The van der Waals surface area contributed by atoms with Crippen molar-refractivity contribution in [1.29, 1.82) is 0 Å². The lowest BCUT2D eigenvalue weighted by molar-refractivity contribution is -0.167. The minimum absolute atomic E-state index is 0.0913. The average Bonchev–Trinajstić information content (AvgIpc) is 3.23. The zero-order valence-corrected chi connectivity index (χ0v) is 38.5. The lowest BCUT2D eigenvalue weighted by Crippen LogP contribution is -2.30. The Bertz CT molecular complexity index is 1130. The first-order valence-corrected chi connectivity index (χ1v) is 24.5. The third kappa shape index (κ3) is 45.8. The molecule has 0 heterocycles. The van der Waals surface area contributed by atoms with E-state index in [1.807, 2.05) is 36.5 Å². The third-order valence-corrected chi connectivity index (χ3v) is 10.3. The van der Waals surface area contributed by atoms with Gasteiger partial charge in [-0.25, -0.2) is 0 Å². The molecule has 0 fully saturated rings. The number of unbranched alkanes of at least 4 members (excludes halogenated alkanes) is 23. The number of carbonyl (C=O) groups excluding carboxylic acids is 3. The summed E-state index contributed by atoms with van der Waals surface area (Å²) in [4.78, 5) is 37.9. The quantitative estimate of drug-likeness (QED) is 0.0200. The van der Waals surface area contributed by atoms with E-state index in [0.29, 0.717) is 19.3 Å². The van der Waals surface area contributed by atoms with Crippen molar-refractivity contribution < 1.29 is 28.6 Å². The van der Waals surface area contributed by atoms with Gasteiger partial charge in [-0.2, -0.15) is 0 Å². The number of esters is 3. The molecular formula is C53H90O6. The van der Waals surface area contributed by atoms with Crippen LogP contribution in [-0.4, -0.2) is 37.2 Å². The van der Waals surface area contributed by atoms with E-state index in [1.54, 1.807) is 0 Å². The third-order valence-electron chi connectivity index (χ3n) is 10.3. The SMILES string of the molecule is CC/C=C/C=C/C=C/C=C/CCCCCC(=O)OCC(COC(=O)CCCCCCCCC/C=C/C/C=C/CC)OC(=O)CCCCCCCCCCCCCCCC. The minimum atomic E-state index is -0.791. The fourth-order valence-electron chi connectivity index (χ4n) is 6.67. The number of rotatable bonds is 43. The van der Waals surface area contributed by atoms with E-state index >= 15 is 0 Å². The van der Waals surface area contributed by atoms with Crippen LogP contribution in [0.1, 0.15) is 226 Å². The molecule has 0 bridgehead atoms. The van der Waals surface area contributed by atoms with E-state index < -0.39 is 6.10 Å². The van der Waals surface area contributed by atoms with Crippen LogP contribution in [0.3, 0.4) is 0 Å². The number of hydrogen-bond donors (Lipinski definition) is 0. The smallest absolute Gasteiger partial charge is 0.306 e. The van der Waals surface area contributed by atoms with Crippen LogP contribution in [0.4, 0.5) is 0 Å². The van der Waals surface area contributed by atoms with Crippen molar-refractivity contribution in [3.63, 3.8) is 0 Å². The summed E-state index contributed by atoms with van der Waals surface area (Å²) >= 11 is 0. The van der Waals surface area contributed by atoms with Crippen LogP contribution >= 0.6 is 0 Å². The average molecular weight is 823 g/mol. The highest BCUT2D eigenvalue weighted by Gasteiger charge is 2.19. The van der Waals surface area contributed by atoms with Crippen LogP contribution < -0.4 is 0 Å². The lowest BCUT2D eigenvalue weighted by atomic mass is 10.0. The molecule has 6 heteroatoms. The molecule has 338 valence electrons. The van der Waals surface area contributed by atoms with Gasteiger partial charge in [0.1, 0.15) is 13.2 Å². The predicted octanol–water partition coefficient (Wildman–Crippen LogP) is 15.9. The summed E-state index contributed by atoms with van der Waals surface area (Å²) < 4.78 is 16.7. The molecule has 0 saturated carbocycles. The monoisotopic (exact) mass is 823 g/mol. The van der Waals surface area contributed by atoms with Gasteiger partial charge < -0.3 is 14.2 Å². The fourth-order valence-corrected chi connectivity index (χ4v) is 6.67. The van der Waals surface area contributed by atoms with Gasteiger partial charge in [-0.3, -0.25) is 14.4 Å². The summed E-state index contributed by atoms with van der Waals surface area (Å²) in [6.45, 7) is 6.35. The Morgan fingerprint density at radius 2 is 0.746 bits per heavy atom. The van der Waals surface area contributed by atoms with E-state index in [4.69, 9.17) is 14.2 Å². The van der Waals surface area contributed by atoms with Gasteiger partial charge in [0, 0.05) is 19.3 Å². The summed E-state index contributed by atoms with van der Waals surface area (Å²) in [6, 6.07) is 0. The molecule has 0 aromatic rings. The molecule has 0 amide bonds. The molecule has 0 spiro atoms. The second-order valence-corrected chi connectivity index (χ2v) is 16.1. The highest BCUT2D eigenvalue weighted by atomic mass is 16.6. The van der Waals surface area contributed by atoms with Crippen LogP contribution in [0.2, 0.25) is 0 Å². The zero-order chi connectivity index (χ0) is 43.0. The maximum atomic E-state index is 12.8. The second-order valence-electron chi connectivity index (χ2n) is 16.1. The Balaban J connectivity index is 4.44. The van der Waals surface area contributed by atoms with E-state index in [1.165, 1.54) is 96.3 Å². The van der Waals surface area contributed by atoms with Crippen molar-refractivity contribution in [3.8, 4) is 0 Å². The van der Waals surface area contributed by atoms with Crippen molar-refractivity contribution >= 4 is 17.9 Å². The Morgan fingerprint density at radius 1 is 0.373 bits per heavy atom. The molecule has 0 aliphatic rings. The number of allylic oxidation sites excluding steroid dienone is 12. The second kappa shape index (κ2) is 47.5. The topological polar surface area (TPSA) is 78.9 Å². The summed E-state index contributed by atoms with van der Waals surface area (Å²) in [5, 5.41) is 0. The maximum absolute atomic E-state index is 12.8. The molecule has 59 heavy (non-hydrogen) atoms. The Hall–Kier alpha value is -3.15. The Kier molecular flexibility index (Phi) is 45.0. The van der Waals surface area contributed by atoms with Gasteiger partial charge in [-0.15, -0.1) is 0 Å². The van der Waals surface area contributed by atoms with Crippen LogP contribution in [0, 0.1) is 0 Å². The molecule has 0 aliphatic carbocycles. The van der Waals surface area contributed by atoms with Crippen molar-refractivity contribution in [2.75, 3.05) is 13.2 Å². The van der Waals surface area contributed by atoms with Gasteiger partial charge in [0.2, 0.25) is 0 Å². The number of carbonyl (C=O) groups is 3. The van der Waals surface area contributed by atoms with E-state index in [9.17, 15) is 14.4 Å².